The van der Waals surface area contributed by atoms with Crippen LogP contribution in [0.2, 0.25) is 0 Å². The van der Waals surface area contributed by atoms with Gasteiger partial charge in [0.2, 0.25) is 5.91 Å². The zero-order valence-corrected chi connectivity index (χ0v) is 12.0. The van der Waals surface area contributed by atoms with Crippen LogP contribution in [0.1, 0.15) is 39.0 Å². The van der Waals surface area contributed by atoms with Crippen molar-refractivity contribution < 1.29 is 9.53 Å². The van der Waals surface area contributed by atoms with Gasteiger partial charge in [-0.25, -0.2) is 0 Å². The zero-order chi connectivity index (χ0) is 13.3. The Morgan fingerprint density at radius 2 is 2.26 bits per heavy atom. The third-order valence-electron chi connectivity index (χ3n) is 5.10. The first-order valence-electron chi connectivity index (χ1n) is 7.85. The summed E-state index contributed by atoms with van der Waals surface area (Å²) >= 11 is 0. The van der Waals surface area contributed by atoms with Crippen molar-refractivity contribution >= 4 is 5.91 Å². The van der Waals surface area contributed by atoms with Crippen LogP contribution in [0.15, 0.2) is 0 Å². The summed E-state index contributed by atoms with van der Waals surface area (Å²) in [6, 6.07) is 0.525. The van der Waals surface area contributed by atoms with E-state index in [1.54, 1.807) is 0 Å². The lowest BCUT2D eigenvalue weighted by Gasteiger charge is -2.34. The maximum Gasteiger partial charge on any atom is 0.230 e. The molecule has 3 fully saturated rings. The Balaban J connectivity index is 1.69. The van der Waals surface area contributed by atoms with Crippen LogP contribution in [0.3, 0.4) is 0 Å². The summed E-state index contributed by atoms with van der Waals surface area (Å²) in [6.45, 7) is 6.66. The Morgan fingerprint density at radius 1 is 1.42 bits per heavy atom. The Morgan fingerprint density at radius 3 is 2.79 bits per heavy atom. The van der Waals surface area contributed by atoms with Gasteiger partial charge in [0, 0.05) is 31.7 Å². The van der Waals surface area contributed by atoms with E-state index in [-0.39, 0.29) is 5.41 Å². The van der Waals surface area contributed by atoms with E-state index in [2.05, 4.69) is 17.1 Å². The second-order valence-corrected chi connectivity index (χ2v) is 6.48. The van der Waals surface area contributed by atoms with Crippen molar-refractivity contribution in [1.29, 1.82) is 0 Å². The number of ether oxygens (including phenoxy) is 1. The topological polar surface area (TPSA) is 41.6 Å². The van der Waals surface area contributed by atoms with Gasteiger partial charge in [-0.1, -0.05) is 6.92 Å². The second-order valence-electron chi connectivity index (χ2n) is 6.48. The average Bonchev–Trinajstić information content (AvgIpc) is 2.96. The first kappa shape index (κ1) is 13.4. The van der Waals surface area contributed by atoms with E-state index >= 15 is 0 Å². The van der Waals surface area contributed by atoms with E-state index in [0.29, 0.717) is 17.9 Å². The molecule has 4 heteroatoms. The van der Waals surface area contributed by atoms with Crippen LogP contribution < -0.4 is 5.32 Å². The van der Waals surface area contributed by atoms with Crippen molar-refractivity contribution in [2.45, 2.75) is 45.1 Å². The first-order valence-corrected chi connectivity index (χ1v) is 7.85. The minimum atomic E-state index is -0.123. The molecule has 0 radical (unpaired) electrons. The van der Waals surface area contributed by atoms with Crippen LogP contribution in [-0.2, 0) is 9.53 Å². The molecule has 1 N–H and O–H groups in total. The lowest BCUT2D eigenvalue weighted by molar-refractivity contribution is -0.142. The first-order chi connectivity index (χ1) is 9.25. The van der Waals surface area contributed by atoms with Crippen LogP contribution in [0.5, 0.6) is 0 Å². The molecule has 0 aromatic rings. The number of amides is 1. The number of rotatable bonds is 5. The maximum absolute atomic E-state index is 13.0. The van der Waals surface area contributed by atoms with Gasteiger partial charge in [-0.15, -0.1) is 0 Å². The third-order valence-corrected chi connectivity index (χ3v) is 5.10. The highest BCUT2D eigenvalue weighted by Gasteiger charge is 2.46. The van der Waals surface area contributed by atoms with Crippen LogP contribution in [0, 0.1) is 11.3 Å². The normalized spacial score (nSPS) is 34.7. The quantitative estimate of drug-likeness (QED) is 0.818. The molecule has 0 aromatic carbocycles. The van der Waals surface area contributed by atoms with Gasteiger partial charge in [0.1, 0.15) is 0 Å². The highest BCUT2D eigenvalue weighted by atomic mass is 16.5. The molecule has 1 saturated carbocycles. The molecule has 1 amide bonds. The molecular weight excluding hydrogens is 240 g/mol. The minimum Gasteiger partial charge on any atom is -0.381 e. The molecule has 2 aliphatic heterocycles. The molecule has 3 aliphatic rings. The second kappa shape index (κ2) is 5.41. The number of carbonyl (C=O) groups is 1. The molecule has 2 heterocycles. The summed E-state index contributed by atoms with van der Waals surface area (Å²) in [5.41, 5.74) is -0.123. The largest absolute Gasteiger partial charge is 0.381 e. The van der Waals surface area contributed by atoms with Crippen molar-refractivity contribution in [3.05, 3.63) is 0 Å². The Labute approximate surface area is 115 Å². The predicted molar refractivity (Wildman–Crippen MR) is 73.9 cm³/mol. The Kier molecular flexibility index (Phi) is 3.81. The van der Waals surface area contributed by atoms with Crippen LogP contribution in [0.25, 0.3) is 0 Å². The van der Waals surface area contributed by atoms with Crippen molar-refractivity contribution in [3.63, 3.8) is 0 Å². The molecular formula is C15H26N2O2. The standard InChI is InChI=1S/C15H26N2O2/c1-2-15(6-7-16-11-15)14(18)17(13-3-4-13)9-12-5-8-19-10-12/h12-13,16H,2-11H2,1H3. The molecule has 2 unspecified atom stereocenters. The van der Waals surface area contributed by atoms with Crippen molar-refractivity contribution in [3.8, 4) is 0 Å². The van der Waals surface area contributed by atoms with Gasteiger partial charge < -0.3 is 15.0 Å². The van der Waals surface area contributed by atoms with Gasteiger partial charge in [-0.05, 0) is 38.6 Å². The average molecular weight is 266 g/mol. The lowest BCUT2D eigenvalue weighted by Crippen LogP contribution is -2.48. The van der Waals surface area contributed by atoms with Crippen molar-refractivity contribution in [1.82, 2.24) is 10.2 Å². The smallest absolute Gasteiger partial charge is 0.230 e. The number of carbonyl (C=O) groups excluding carboxylic acids is 1. The van der Waals surface area contributed by atoms with Gasteiger partial charge in [-0.2, -0.15) is 0 Å². The van der Waals surface area contributed by atoms with Crippen LogP contribution in [-0.4, -0.2) is 49.7 Å². The molecule has 4 nitrogen and oxygen atoms in total. The monoisotopic (exact) mass is 266 g/mol. The van der Waals surface area contributed by atoms with E-state index in [9.17, 15) is 4.79 Å². The van der Waals surface area contributed by atoms with E-state index in [4.69, 9.17) is 4.74 Å². The van der Waals surface area contributed by atoms with Gasteiger partial charge in [0.05, 0.1) is 12.0 Å². The third kappa shape index (κ3) is 2.65. The fourth-order valence-corrected chi connectivity index (χ4v) is 3.47. The van der Waals surface area contributed by atoms with Gasteiger partial charge in [-0.3, -0.25) is 4.79 Å². The SMILES string of the molecule is CCC1(C(=O)N(CC2CCOC2)C2CC2)CCNC1. The van der Waals surface area contributed by atoms with Gasteiger partial charge in [0.15, 0.2) is 0 Å². The van der Waals surface area contributed by atoms with Crippen molar-refractivity contribution in [2.75, 3.05) is 32.8 Å². The van der Waals surface area contributed by atoms with E-state index < -0.39 is 0 Å². The van der Waals surface area contributed by atoms with Gasteiger partial charge >= 0.3 is 0 Å². The summed E-state index contributed by atoms with van der Waals surface area (Å²) < 4.78 is 5.46. The Bertz CT molecular complexity index is 329. The molecule has 2 atom stereocenters. The van der Waals surface area contributed by atoms with Crippen LogP contribution >= 0.6 is 0 Å². The molecule has 0 spiro atoms. The minimum absolute atomic E-state index is 0.123. The summed E-state index contributed by atoms with van der Waals surface area (Å²) in [4.78, 5) is 15.2. The molecule has 1 aliphatic carbocycles. The highest BCUT2D eigenvalue weighted by molar-refractivity contribution is 5.84. The highest BCUT2D eigenvalue weighted by Crippen LogP contribution is 2.37. The number of hydrogen-bond donors (Lipinski definition) is 1. The lowest BCUT2D eigenvalue weighted by atomic mass is 9.82. The molecule has 2 saturated heterocycles. The van der Waals surface area contributed by atoms with E-state index in [1.165, 1.54) is 12.8 Å². The zero-order valence-electron chi connectivity index (χ0n) is 12.0. The molecule has 3 rings (SSSR count). The van der Waals surface area contributed by atoms with E-state index in [1.807, 2.05) is 0 Å². The molecule has 0 bridgehead atoms. The number of nitrogens with one attached hydrogen (secondary N) is 1. The number of nitrogens with zero attached hydrogens (tertiary/aromatic N) is 1. The summed E-state index contributed by atoms with van der Waals surface area (Å²) in [5.74, 6) is 0.974. The summed E-state index contributed by atoms with van der Waals surface area (Å²) in [5, 5.41) is 3.38. The fourth-order valence-electron chi connectivity index (χ4n) is 3.47. The molecule has 108 valence electrons. The number of hydrogen-bond acceptors (Lipinski definition) is 3. The van der Waals surface area contributed by atoms with E-state index in [0.717, 1.165) is 52.1 Å². The van der Waals surface area contributed by atoms with Gasteiger partial charge in [0.25, 0.3) is 0 Å². The predicted octanol–water partition coefficient (Wildman–Crippen LogP) is 1.40. The molecule has 19 heavy (non-hydrogen) atoms. The van der Waals surface area contributed by atoms with Crippen LogP contribution in [0.4, 0.5) is 0 Å². The summed E-state index contributed by atoms with van der Waals surface area (Å²) in [7, 11) is 0. The maximum atomic E-state index is 13.0. The fraction of sp³-hybridized carbons (Fsp3) is 0.933. The Hall–Kier alpha value is -0.610. The molecule has 0 aromatic heterocycles. The van der Waals surface area contributed by atoms with Crippen molar-refractivity contribution in [2.24, 2.45) is 11.3 Å². The summed E-state index contributed by atoms with van der Waals surface area (Å²) in [6.07, 6.45) is 5.49.